The molecule has 53 heavy (non-hydrogen) atoms. The molecule has 0 unspecified atom stereocenters. The lowest BCUT2D eigenvalue weighted by Gasteiger charge is -2.73. The second-order valence-electron chi connectivity index (χ2n) is 20.3. The van der Waals surface area contributed by atoms with Crippen LogP contribution >= 0.6 is 0 Å². The van der Waals surface area contributed by atoms with E-state index in [9.17, 15) is 4.79 Å². The number of fused-ring (bicyclic) bond motifs is 7. The summed E-state index contributed by atoms with van der Waals surface area (Å²) in [6.45, 7) is 20.1. The molecule has 8 rings (SSSR count). The van der Waals surface area contributed by atoms with Gasteiger partial charge in [-0.15, -0.1) is 0 Å². The summed E-state index contributed by atoms with van der Waals surface area (Å²) in [6.07, 6.45) is 15.4. The van der Waals surface area contributed by atoms with Gasteiger partial charge in [0.2, 0.25) is 5.91 Å². The van der Waals surface area contributed by atoms with Gasteiger partial charge in [-0.05, 0) is 159 Å². The number of aromatic amines is 1. The number of amides is 1. The van der Waals surface area contributed by atoms with Gasteiger partial charge in [-0.3, -0.25) is 9.59 Å². The fraction of sp³-hybridized carbons (Fsp3) is 0.761. The smallest absolute Gasteiger partial charge is 0.302 e. The molecule has 7 nitrogen and oxygen atoms in total. The molecule has 1 aromatic heterocycles. The second kappa shape index (κ2) is 12.9. The Labute approximate surface area is 319 Å². The molecule has 7 heteroatoms. The minimum Gasteiger partial charge on any atom is -0.497 e. The Bertz CT molecular complexity index is 1710. The normalized spacial score (nSPS) is 41.6. The van der Waals surface area contributed by atoms with E-state index < -0.39 is 0 Å². The lowest BCUT2D eigenvalue weighted by atomic mass is 9.32. The summed E-state index contributed by atoms with van der Waals surface area (Å²) in [6, 6.07) is 8.11. The first-order chi connectivity index (χ1) is 25.1. The van der Waals surface area contributed by atoms with Gasteiger partial charge in [-0.25, -0.2) is 4.98 Å². The molecule has 1 amide bonds. The number of nitrogens with one attached hydrogen (secondary N) is 1. The molecule has 1 aliphatic heterocycles. The van der Waals surface area contributed by atoms with E-state index in [1.54, 1.807) is 14.0 Å². The molecule has 2 heterocycles. The van der Waals surface area contributed by atoms with Crippen molar-refractivity contribution in [1.29, 1.82) is 0 Å². The monoisotopic (exact) mass is 726 g/mol. The third-order valence-corrected chi connectivity index (χ3v) is 17.8. The average molecular weight is 726 g/mol. The molecule has 0 spiro atoms. The number of ether oxygens (including phenoxy) is 2. The molecule has 11 atom stereocenters. The molecular weight excluding hydrogens is 659 g/mol. The highest BCUT2D eigenvalue weighted by molar-refractivity contribution is 5.84. The first-order valence-corrected chi connectivity index (χ1v) is 21.3. The van der Waals surface area contributed by atoms with Gasteiger partial charge in [-0.1, -0.05) is 48.5 Å². The zero-order valence-electron chi connectivity index (χ0n) is 34.2. The Morgan fingerprint density at radius 3 is 2.32 bits per heavy atom. The molecule has 5 aliphatic carbocycles. The molecule has 0 radical (unpaired) electrons. The van der Waals surface area contributed by atoms with Crippen molar-refractivity contribution in [3.63, 3.8) is 0 Å². The molecule has 6 aliphatic rings. The SMILES string of the molecule is COc1ccc(-c2cnc([C@@H]3CCCN3C(=O)[C@]34CC[C@@H](C(C)C)[C@@H]3[C@H]3CC[C@@H]5[C@@]6(C)CC[C@H](OC(C)=O)C(C)(C)[C@@H]6CC[C@@]5(C)[C@]3(C)CC4)[nH]2)cc1. The van der Waals surface area contributed by atoms with Gasteiger partial charge in [0.25, 0.3) is 0 Å². The highest BCUT2D eigenvalue weighted by Gasteiger charge is 2.72. The van der Waals surface area contributed by atoms with E-state index in [0.29, 0.717) is 41.4 Å². The summed E-state index contributed by atoms with van der Waals surface area (Å²) in [5.74, 6) is 5.41. The Morgan fingerprint density at radius 2 is 1.62 bits per heavy atom. The van der Waals surface area contributed by atoms with Gasteiger partial charge >= 0.3 is 5.97 Å². The van der Waals surface area contributed by atoms with Crippen molar-refractivity contribution >= 4 is 11.9 Å². The van der Waals surface area contributed by atoms with E-state index in [1.165, 1.54) is 32.1 Å². The molecule has 1 saturated heterocycles. The highest BCUT2D eigenvalue weighted by Crippen LogP contribution is 2.78. The number of methoxy groups -OCH3 is 1. The maximum atomic E-state index is 15.5. The lowest BCUT2D eigenvalue weighted by molar-refractivity contribution is -0.251. The number of likely N-dealkylation sites (tertiary alicyclic amines) is 1. The second-order valence-corrected chi connectivity index (χ2v) is 20.3. The van der Waals surface area contributed by atoms with Crippen LogP contribution < -0.4 is 4.74 Å². The minimum absolute atomic E-state index is 0.00452. The van der Waals surface area contributed by atoms with Gasteiger partial charge in [0.15, 0.2) is 0 Å². The van der Waals surface area contributed by atoms with Crippen LogP contribution in [0.3, 0.4) is 0 Å². The Balaban J connectivity index is 1.09. The topological polar surface area (TPSA) is 84.5 Å². The first-order valence-electron chi connectivity index (χ1n) is 21.3. The van der Waals surface area contributed by atoms with Crippen molar-refractivity contribution in [3.05, 3.63) is 36.3 Å². The van der Waals surface area contributed by atoms with E-state index in [-0.39, 0.29) is 45.2 Å². The molecular formula is C46H67N3O4. The zero-order valence-corrected chi connectivity index (χ0v) is 34.2. The Hall–Kier alpha value is -2.83. The van der Waals surface area contributed by atoms with Crippen LogP contribution in [-0.4, -0.2) is 46.5 Å². The van der Waals surface area contributed by atoms with Crippen molar-refractivity contribution in [2.75, 3.05) is 13.7 Å². The Morgan fingerprint density at radius 1 is 0.868 bits per heavy atom. The molecule has 1 aromatic carbocycles. The molecule has 2 aromatic rings. The van der Waals surface area contributed by atoms with Crippen molar-refractivity contribution in [1.82, 2.24) is 14.9 Å². The first kappa shape index (κ1) is 37.1. The summed E-state index contributed by atoms with van der Waals surface area (Å²) in [4.78, 5) is 38.5. The predicted molar refractivity (Wildman–Crippen MR) is 209 cm³/mol. The fourth-order valence-corrected chi connectivity index (χ4v) is 15.2. The maximum Gasteiger partial charge on any atom is 0.302 e. The summed E-state index contributed by atoms with van der Waals surface area (Å²) in [5.41, 5.74) is 2.42. The molecule has 0 bridgehead atoms. The number of hydrogen-bond acceptors (Lipinski definition) is 5. The van der Waals surface area contributed by atoms with E-state index in [0.717, 1.165) is 74.3 Å². The van der Waals surface area contributed by atoms with Crippen molar-refractivity contribution in [2.45, 2.75) is 145 Å². The third kappa shape index (κ3) is 5.34. The zero-order chi connectivity index (χ0) is 37.7. The number of carbonyl (C=O) groups is 2. The average Bonchev–Trinajstić information content (AvgIpc) is 3.89. The lowest BCUT2D eigenvalue weighted by Crippen LogP contribution is -2.67. The summed E-state index contributed by atoms with van der Waals surface area (Å²) < 4.78 is 11.4. The number of hydrogen-bond donors (Lipinski definition) is 1. The number of esters is 1. The molecule has 6 fully saturated rings. The molecule has 1 N–H and O–H groups in total. The van der Waals surface area contributed by atoms with Gasteiger partial charge in [-0.2, -0.15) is 0 Å². The van der Waals surface area contributed by atoms with Crippen LogP contribution in [0.4, 0.5) is 0 Å². The van der Waals surface area contributed by atoms with Gasteiger partial charge in [0.1, 0.15) is 17.7 Å². The van der Waals surface area contributed by atoms with Crippen molar-refractivity contribution in [2.24, 2.45) is 62.6 Å². The number of carbonyl (C=O) groups excluding carboxylic acids is 2. The number of rotatable bonds is 6. The number of imidazole rings is 1. The number of benzene rings is 1. The minimum atomic E-state index is -0.276. The van der Waals surface area contributed by atoms with Crippen LogP contribution in [0.15, 0.2) is 30.5 Å². The number of H-pyrrole nitrogens is 1. The van der Waals surface area contributed by atoms with Crippen LogP contribution in [0.25, 0.3) is 11.3 Å². The van der Waals surface area contributed by atoms with E-state index in [4.69, 9.17) is 14.5 Å². The largest absolute Gasteiger partial charge is 0.497 e. The van der Waals surface area contributed by atoms with Crippen molar-refractivity contribution in [3.8, 4) is 17.0 Å². The van der Waals surface area contributed by atoms with E-state index in [2.05, 4.69) is 70.5 Å². The predicted octanol–water partition coefficient (Wildman–Crippen LogP) is 10.4. The summed E-state index contributed by atoms with van der Waals surface area (Å²) in [5, 5.41) is 0. The third-order valence-electron chi connectivity index (χ3n) is 17.8. The van der Waals surface area contributed by atoms with Gasteiger partial charge in [0.05, 0.1) is 30.5 Å². The summed E-state index contributed by atoms with van der Waals surface area (Å²) in [7, 11) is 1.69. The van der Waals surface area contributed by atoms with Gasteiger partial charge in [0, 0.05) is 18.9 Å². The van der Waals surface area contributed by atoms with Crippen molar-refractivity contribution < 1.29 is 19.1 Å². The van der Waals surface area contributed by atoms with Crippen LogP contribution in [0.2, 0.25) is 0 Å². The standard InChI is InChI=1S/C46H67N3O4/c1-28(2)32-18-23-46(41(51)49-26-10-11-35(49)40-47-27-34(48-40)30-12-14-31(52-9)15-13-30)25-24-44(7)33(39(32)46)16-17-37-43(6)21-20-38(53-29(3)50)42(4,5)36(43)19-22-45(37,44)8/h12-15,27-28,32-33,35-39H,10-11,16-26H2,1-9H3,(H,47,48)/t32-,33+,35-,36-,37+,38-,39+,43-,44+,45+,46-/m0/s1. The maximum absolute atomic E-state index is 15.5. The Kier molecular flexibility index (Phi) is 9.01. The fourth-order valence-electron chi connectivity index (χ4n) is 15.2. The molecule has 5 saturated carbocycles. The van der Waals surface area contributed by atoms with Gasteiger partial charge < -0.3 is 19.4 Å². The van der Waals surface area contributed by atoms with Crippen LogP contribution in [0.1, 0.15) is 144 Å². The van der Waals surface area contributed by atoms with Crippen LogP contribution in [0, 0.1) is 62.6 Å². The summed E-state index contributed by atoms with van der Waals surface area (Å²) >= 11 is 0. The highest BCUT2D eigenvalue weighted by atomic mass is 16.5. The van der Waals surface area contributed by atoms with E-state index >= 15 is 4.79 Å². The quantitative estimate of drug-likeness (QED) is 0.300. The van der Waals surface area contributed by atoms with E-state index in [1.807, 2.05) is 18.3 Å². The van der Waals surface area contributed by atoms with Crippen LogP contribution in [-0.2, 0) is 14.3 Å². The molecule has 290 valence electrons. The number of nitrogens with zero attached hydrogens (tertiary/aromatic N) is 2. The number of aromatic nitrogens is 2. The van der Waals surface area contributed by atoms with Crippen LogP contribution in [0.5, 0.6) is 5.75 Å².